The highest BCUT2D eigenvalue weighted by molar-refractivity contribution is 5.13. The van der Waals surface area contributed by atoms with Crippen LogP contribution in [0.2, 0.25) is 0 Å². The van der Waals surface area contributed by atoms with Gasteiger partial charge in [0.1, 0.15) is 0 Å². The van der Waals surface area contributed by atoms with Crippen LogP contribution in [0.1, 0.15) is 26.3 Å². The molecule has 0 bridgehead atoms. The Bertz CT molecular complexity index is 238. The van der Waals surface area contributed by atoms with Crippen LogP contribution in [-0.4, -0.2) is 7.05 Å². The van der Waals surface area contributed by atoms with Crippen LogP contribution in [-0.2, 0) is 6.42 Å². The lowest BCUT2D eigenvalue weighted by Gasteiger charge is -1.89. The molecule has 0 N–H and O–H groups in total. The molecule has 0 spiro atoms. The number of hydrogen-bond donors (Lipinski definition) is 0. The maximum absolute atomic E-state index is 7.33. The van der Waals surface area contributed by atoms with Gasteiger partial charge in [0.05, 0.1) is 0 Å². The molecule has 1 aromatic carbocycles. The Balaban J connectivity index is 0. The average Bonchev–Trinajstić information content (AvgIpc) is 2.33. The van der Waals surface area contributed by atoms with E-state index in [1.54, 1.807) is 0 Å². The second kappa shape index (κ2) is 14.1. The first kappa shape index (κ1) is 15.0. The van der Waals surface area contributed by atoms with E-state index in [1.165, 1.54) is 12.6 Å². The number of rotatable bonds is 1. The summed E-state index contributed by atoms with van der Waals surface area (Å²) in [6, 6.07) is 10.5. The first-order valence-corrected chi connectivity index (χ1v) is 4.82. The minimum absolute atomic E-state index is 1.14. The normalized spacial score (nSPS) is 6.86. The van der Waals surface area contributed by atoms with E-state index in [4.69, 9.17) is 5.53 Å². The number of nitrogens with zero attached hydrogens (tertiary/aromatic N) is 3. The fourth-order valence-corrected chi connectivity index (χ4v) is 0.714. The maximum Gasteiger partial charge on any atom is 0.0139 e. The van der Waals surface area contributed by atoms with E-state index in [2.05, 4.69) is 41.2 Å². The van der Waals surface area contributed by atoms with Crippen LogP contribution in [0.5, 0.6) is 0 Å². The van der Waals surface area contributed by atoms with Gasteiger partial charge in [-0.15, -0.1) is 0 Å². The second-order valence-corrected chi connectivity index (χ2v) is 2.13. The van der Waals surface area contributed by atoms with Gasteiger partial charge < -0.3 is 0 Å². The molecule has 0 aliphatic heterocycles. The van der Waals surface area contributed by atoms with Gasteiger partial charge in [0.15, 0.2) is 0 Å². The lowest BCUT2D eigenvalue weighted by Crippen LogP contribution is -1.73. The summed E-state index contributed by atoms with van der Waals surface area (Å²) in [5.74, 6) is 0. The zero-order valence-electron chi connectivity index (χ0n) is 9.44. The lowest BCUT2D eigenvalue weighted by molar-refractivity contribution is 1.14. The highest BCUT2D eigenvalue weighted by atomic mass is 15.1. The molecule has 3 heteroatoms. The lowest BCUT2D eigenvalue weighted by atomic mass is 10.2. The third-order valence-corrected chi connectivity index (χ3v) is 1.34. The largest absolute Gasteiger partial charge is 0.0973 e. The molecule has 0 aliphatic rings. The molecule has 0 radical (unpaired) electrons. The Hall–Kier alpha value is -1.47. The van der Waals surface area contributed by atoms with Crippen LogP contribution < -0.4 is 0 Å². The van der Waals surface area contributed by atoms with Gasteiger partial charge in [-0.25, -0.2) is 0 Å². The molecular weight excluding hydrogens is 174 g/mol. The Morgan fingerprint density at radius 1 is 1.21 bits per heavy atom. The van der Waals surface area contributed by atoms with Crippen molar-refractivity contribution in [1.29, 1.82) is 0 Å². The van der Waals surface area contributed by atoms with Crippen molar-refractivity contribution in [2.45, 2.75) is 27.2 Å². The van der Waals surface area contributed by atoms with Crippen LogP contribution in [0, 0.1) is 0 Å². The summed E-state index contributed by atoms with van der Waals surface area (Å²) in [5, 5.41) is 2.92. The predicted octanol–water partition coefficient (Wildman–Crippen LogP) is 4.20. The molecule has 0 atom stereocenters. The Kier molecular flexibility index (Phi) is 15.1. The topological polar surface area (TPSA) is 48.8 Å². The highest BCUT2D eigenvalue weighted by Crippen LogP contribution is 1.96. The molecule has 0 aliphatic carbocycles. The average molecular weight is 193 g/mol. The molecule has 0 saturated heterocycles. The standard InChI is InChI=1S/C8H10.C2H6.CH3N3/c1-2-8-6-4-3-5-7-8;1-2;1-3-4-2/h3-7H,2H2,1H3;1-2H3;1H3. The molecule has 0 heterocycles. The highest BCUT2D eigenvalue weighted by Gasteiger charge is 1.79. The smallest absolute Gasteiger partial charge is 0.0139 e. The number of aryl methyl sites for hydroxylation is 1. The van der Waals surface area contributed by atoms with Crippen molar-refractivity contribution in [3.05, 3.63) is 46.3 Å². The molecule has 3 nitrogen and oxygen atoms in total. The van der Waals surface area contributed by atoms with Crippen LogP contribution in [0.3, 0.4) is 0 Å². The number of benzene rings is 1. The summed E-state index contributed by atoms with van der Waals surface area (Å²) in [7, 11) is 1.39. The van der Waals surface area contributed by atoms with E-state index in [1.807, 2.05) is 19.9 Å². The van der Waals surface area contributed by atoms with Gasteiger partial charge in [0, 0.05) is 12.0 Å². The summed E-state index contributed by atoms with van der Waals surface area (Å²) in [5.41, 5.74) is 8.74. The Morgan fingerprint density at radius 3 is 1.86 bits per heavy atom. The van der Waals surface area contributed by atoms with Crippen molar-refractivity contribution in [2.75, 3.05) is 7.05 Å². The van der Waals surface area contributed by atoms with Gasteiger partial charge in [-0.2, -0.15) is 0 Å². The van der Waals surface area contributed by atoms with Crippen LogP contribution in [0.15, 0.2) is 35.4 Å². The van der Waals surface area contributed by atoms with Gasteiger partial charge in [-0.3, -0.25) is 0 Å². The van der Waals surface area contributed by atoms with E-state index < -0.39 is 0 Å². The minimum atomic E-state index is 1.14. The molecular formula is C11H19N3. The third kappa shape index (κ3) is 10.5. The van der Waals surface area contributed by atoms with E-state index >= 15 is 0 Å². The first-order chi connectivity index (χ1) is 6.85. The fraction of sp³-hybridized carbons (Fsp3) is 0.455. The van der Waals surface area contributed by atoms with Gasteiger partial charge in [0.2, 0.25) is 0 Å². The van der Waals surface area contributed by atoms with Crippen LogP contribution in [0.4, 0.5) is 0 Å². The quantitative estimate of drug-likeness (QED) is 0.364. The van der Waals surface area contributed by atoms with Crippen LogP contribution in [0.25, 0.3) is 10.4 Å². The molecule has 0 fully saturated rings. The molecule has 0 amide bonds. The Labute approximate surface area is 86.4 Å². The van der Waals surface area contributed by atoms with Crippen LogP contribution >= 0.6 is 0 Å². The zero-order chi connectivity index (χ0) is 11.2. The van der Waals surface area contributed by atoms with Gasteiger partial charge in [-0.1, -0.05) is 56.2 Å². The van der Waals surface area contributed by atoms with Crippen molar-refractivity contribution in [3.8, 4) is 0 Å². The monoisotopic (exact) mass is 193 g/mol. The summed E-state index contributed by atoms with van der Waals surface area (Å²) in [4.78, 5) is 2.36. The zero-order valence-corrected chi connectivity index (χ0v) is 9.44. The summed E-state index contributed by atoms with van der Waals surface area (Å²) >= 11 is 0. The molecule has 0 saturated carbocycles. The fourth-order valence-electron chi connectivity index (χ4n) is 0.714. The van der Waals surface area contributed by atoms with Crippen molar-refractivity contribution in [1.82, 2.24) is 0 Å². The summed E-state index contributed by atoms with van der Waals surface area (Å²) in [6.07, 6.45) is 1.14. The SMILES string of the molecule is CC.CCc1ccccc1.CN=[N+]=[N-]. The van der Waals surface area contributed by atoms with Crippen molar-refractivity contribution < 1.29 is 0 Å². The number of hydrogen-bond acceptors (Lipinski definition) is 1. The molecule has 0 unspecified atom stereocenters. The predicted molar refractivity (Wildman–Crippen MR) is 62.2 cm³/mol. The first-order valence-electron chi connectivity index (χ1n) is 4.82. The second-order valence-electron chi connectivity index (χ2n) is 2.13. The summed E-state index contributed by atoms with van der Waals surface area (Å²) < 4.78 is 0. The minimum Gasteiger partial charge on any atom is -0.0973 e. The molecule has 78 valence electrons. The molecule has 1 rings (SSSR count). The molecule has 14 heavy (non-hydrogen) atoms. The Morgan fingerprint density at radius 2 is 1.64 bits per heavy atom. The van der Waals surface area contributed by atoms with E-state index in [-0.39, 0.29) is 0 Å². The van der Waals surface area contributed by atoms with Crippen molar-refractivity contribution >= 4 is 0 Å². The molecule has 0 aromatic heterocycles. The number of azide groups is 1. The molecule has 1 aromatic rings. The summed E-state index contributed by atoms with van der Waals surface area (Å²) in [6.45, 7) is 6.16. The third-order valence-electron chi connectivity index (χ3n) is 1.34. The van der Waals surface area contributed by atoms with E-state index in [0.29, 0.717) is 0 Å². The maximum atomic E-state index is 7.33. The van der Waals surface area contributed by atoms with Gasteiger partial charge in [0.25, 0.3) is 0 Å². The van der Waals surface area contributed by atoms with Crippen molar-refractivity contribution in [2.24, 2.45) is 5.11 Å². The van der Waals surface area contributed by atoms with E-state index in [9.17, 15) is 0 Å². The van der Waals surface area contributed by atoms with Gasteiger partial charge >= 0.3 is 0 Å². The van der Waals surface area contributed by atoms with Crippen molar-refractivity contribution in [3.63, 3.8) is 0 Å². The van der Waals surface area contributed by atoms with Gasteiger partial charge in [-0.05, 0) is 17.5 Å². The van der Waals surface area contributed by atoms with E-state index in [0.717, 1.165) is 6.42 Å².